The zero-order chi connectivity index (χ0) is 21.1. The lowest BCUT2D eigenvalue weighted by Gasteiger charge is -2.14. The van der Waals surface area contributed by atoms with Crippen LogP contribution < -0.4 is 10.0 Å². The summed E-state index contributed by atoms with van der Waals surface area (Å²) < 4.78 is 28.2. The molecule has 0 aliphatic heterocycles. The van der Waals surface area contributed by atoms with Crippen LogP contribution in [0.1, 0.15) is 17.3 Å². The van der Waals surface area contributed by atoms with E-state index in [4.69, 9.17) is 0 Å². The van der Waals surface area contributed by atoms with Crippen LogP contribution >= 0.6 is 0 Å². The summed E-state index contributed by atoms with van der Waals surface area (Å²) in [5, 5.41) is 3.08. The van der Waals surface area contributed by atoms with E-state index in [-0.39, 0.29) is 22.3 Å². The molecule has 1 aromatic heterocycles. The Balaban J connectivity index is 1.78. The second-order valence-electron chi connectivity index (χ2n) is 6.59. The van der Waals surface area contributed by atoms with E-state index >= 15 is 0 Å². The Hall–Kier alpha value is -3.78. The molecule has 0 spiro atoms. The minimum absolute atomic E-state index is 0.0609. The first-order chi connectivity index (χ1) is 14.4. The van der Waals surface area contributed by atoms with E-state index < -0.39 is 10.0 Å². The van der Waals surface area contributed by atoms with Gasteiger partial charge in [-0.05, 0) is 43.3 Å². The van der Waals surface area contributed by atoms with Crippen LogP contribution in [-0.2, 0) is 10.0 Å². The van der Waals surface area contributed by atoms with Crippen LogP contribution in [0, 0.1) is 0 Å². The number of anilines is 3. The predicted molar refractivity (Wildman–Crippen MR) is 117 cm³/mol. The maximum Gasteiger partial charge on any atom is 0.263 e. The molecule has 0 aliphatic carbocycles. The molecule has 1 heterocycles. The highest BCUT2D eigenvalue weighted by molar-refractivity contribution is 7.92. The molecule has 30 heavy (non-hydrogen) atoms. The Bertz CT molecular complexity index is 1340. The van der Waals surface area contributed by atoms with E-state index in [1.54, 1.807) is 60.7 Å². The normalized spacial score (nSPS) is 11.2. The Labute approximate surface area is 173 Å². The lowest BCUT2D eigenvalue weighted by atomic mass is 10.1. The zero-order valence-electron chi connectivity index (χ0n) is 16.0. The first kappa shape index (κ1) is 19.5. The first-order valence-corrected chi connectivity index (χ1v) is 10.6. The second kappa shape index (κ2) is 7.92. The molecule has 4 rings (SSSR count). The highest BCUT2D eigenvalue weighted by Gasteiger charge is 2.19. The van der Waals surface area contributed by atoms with Crippen LogP contribution in [0.2, 0.25) is 0 Å². The number of carbonyl (C=O) groups is 1. The van der Waals surface area contributed by atoms with Crippen molar-refractivity contribution in [2.45, 2.75) is 11.8 Å². The van der Waals surface area contributed by atoms with Gasteiger partial charge in [0.15, 0.2) is 17.4 Å². The number of hydrogen-bond acceptors (Lipinski definition) is 6. The van der Waals surface area contributed by atoms with Gasteiger partial charge in [0, 0.05) is 11.3 Å². The zero-order valence-corrected chi connectivity index (χ0v) is 16.8. The number of rotatable bonds is 6. The minimum Gasteiger partial charge on any atom is -0.337 e. The van der Waals surface area contributed by atoms with Crippen LogP contribution in [0.4, 0.5) is 17.3 Å². The summed E-state index contributed by atoms with van der Waals surface area (Å²) in [5.74, 6) is 0.216. The number of sulfonamides is 1. The lowest BCUT2D eigenvalue weighted by molar-refractivity contribution is 0.101. The van der Waals surface area contributed by atoms with Gasteiger partial charge in [0.1, 0.15) is 0 Å². The van der Waals surface area contributed by atoms with Crippen molar-refractivity contribution >= 4 is 44.2 Å². The fourth-order valence-electron chi connectivity index (χ4n) is 2.90. The molecule has 3 aromatic carbocycles. The average Bonchev–Trinajstić information content (AvgIpc) is 2.75. The van der Waals surface area contributed by atoms with Crippen LogP contribution in [0.25, 0.3) is 11.0 Å². The topological polar surface area (TPSA) is 101 Å². The minimum atomic E-state index is -3.86. The molecule has 0 bridgehead atoms. The monoisotopic (exact) mass is 418 g/mol. The molecule has 0 aliphatic rings. The molecule has 150 valence electrons. The molecule has 7 nitrogen and oxygen atoms in total. The smallest absolute Gasteiger partial charge is 0.263 e. The van der Waals surface area contributed by atoms with Crippen LogP contribution in [0.15, 0.2) is 83.8 Å². The van der Waals surface area contributed by atoms with E-state index in [1.165, 1.54) is 19.1 Å². The Morgan fingerprint density at radius 1 is 0.800 bits per heavy atom. The van der Waals surface area contributed by atoms with Crippen molar-refractivity contribution in [2.24, 2.45) is 0 Å². The molecule has 0 amide bonds. The summed E-state index contributed by atoms with van der Waals surface area (Å²) >= 11 is 0. The van der Waals surface area contributed by atoms with Gasteiger partial charge >= 0.3 is 0 Å². The van der Waals surface area contributed by atoms with Gasteiger partial charge in [-0.3, -0.25) is 9.52 Å². The molecule has 4 aromatic rings. The number of benzene rings is 3. The maximum absolute atomic E-state index is 12.8. The summed E-state index contributed by atoms with van der Waals surface area (Å²) in [6.45, 7) is 1.48. The summed E-state index contributed by atoms with van der Waals surface area (Å²) in [6.07, 6.45) is 0. The number of Topliss-reactive ketones (excluding diaryl/α,β-unsaturated/α-hetero) is 1. The molecule has 8 heteroatoms. The molecule has 2 N–H and O–H groups in total. The Morgan fingerprint density at radius 2 is 1.43 bits per heavy atom. The third-order valence-corrected chi connectivity index (χ3v) is 5.74. The van der Waals surface area contributed by atoms with E-state index in [1.807, 2.05) is 6.07 Å². The SMILES string of the molecule is CC(=O)c1cccc(Nc2nc3ccccc3nc2NS(=O)(=O)c2ccccc2)c1. The summed E-state index contributed by atoms with van der Waals surface area (Å²) in [7, 11) is -3.86. The number of aromatic nitrogens is 2. The lowest BCUT2D eigenvalue weighted by Crippen LogP contribution is -2.16. The molecular formula is C22H18N4O3S. The Morgan fingerprint density at radius 3 is 2.10 bits per heavy atom. The first-order valence-electron chi connectivity index (χ1n) is 9.15. The fourth-order valence-corrected chi connectivity index (χ4v) is 3.93. The largest absolute Gasteiger partial charge is 0.337 e. The summed E-state index contributed by atoms with van der Waals surface area (Å²) in [4.78, 5) is 20.8. The molecule has 0 radical (unpaired) electrons. The number of ketones is 1. The fraction of sp³-hybridized carbons (Fsp3) is 0.0455. The highest BCUT2D eigenvalue weighted by Crippen LogP contribution is 2.27. The number of hydrogen-bond donors (Lipinski definition) is 2. The van der Waals surface area contributed by atoms with Gasteiger partial charge in [0.25, 0.3) is 10.0 Å². The molecular weight excluding hydrogens is 400 g/mol. The van der Waals surface area contributed by atoms with Gasteiger partial charge in [0.2, 0.25) is 0 Å². The molecule has 0 atom stereocenters. The number of fused-ring (bicyclic) bond motifs is 1. The van der Waals surface area contributed by atoms with E-state index in [9.17, 15) is 13.2 Å². The number of para-hydroxylation sites is 2. The maximum atomic E-state index is 12.8. The molecule has 0 fully saturated rings. The van der Waals surface area contributed by atoms with E-state index in [0.717, 1.165) is 0 Å². The van der Waals surface area contributed by atoms with Gasteiger partial charge in [-0.2, -0.15) is 0 Å². The highest BCUT2D eigenvalue weighted by atomic mass is 32.2. The summed E-state index contributed by atoms with van der Waals surface area (Å²) in [6, 6.07) is 22.1. The Kier molecular flexibility index (Phi) is 5.16. The second-order valence-corrected chi connectivity index (χ2v) is 8.27. The third kappa shape index (κ3) is 4.13. The van der Waals surface area contributed by atoms with Crippen LogP contribution in [-0.4, -0.2) is 24.2 Å². The summed E-state index contributed by atoms with van der Waals surface area (Å²) in [5.41, 5.74) is 2.27. The van der Waals surface area contributed by atoms with Crippen LogP contribution in [0.3, 0.4) is 0 Å². The van der Waals surface area contributed by atoms with E-state index in [0.29, 0.717) is 22.3 Å². The van der Waals surface area contributed by atoms with Gasteiger partial charge in [0.05, 0.1) is 15.9 Å². The van der Waals surface area contributed by atoms with Crippen molar-refractivity contribution < 1.29 is 13.2 Å². The molecule has 0 saturated carbocycles. The van der Waals surface area contributed by atoms with Crippen molar-refractivity contribution in [3.05, 3.63) is 84.4 Å². The van der Waals surface area contributed by atoms with Crippen molar-refractivity contribution in [1.82, 2.24) is 9.97 Å². The third-order valence-electron chi connectivity index (χ3n) is 4.39. The van der Waals surface area contributed by atoms with Gasteiger partial charge in [-0.1, -0.05) is 42.5 Å². The predicted octanol–water partition coefficient (Wildman–Crippen LogP) is 4.38. The van der Waals surface area contributed by atoms with Gasteiger partial charge in [-0.25, -0.2) is 18.4 Å². The number of carbonyl (C=O) groups excluding carboxylic acids is 1. The number of nitrogens with one attached hydrogen (secondary N) is 2. The standard InChI is InChI=1S/C22H18N4O3S/c1-15(27)16-8-7-9-17(14-16)23-21-22(25-20-13-6-5-12-19(20)24-21)26-30(28,29)18-10-3-2-4-11-18/h2-14H,1H3,(H,23,24)(H,25,26). The van der Waals surface area contributed by atoms with Gasteiger partial charge in [-0.15, -0.1) is 0 Å². The van der Waals surface area contributed by atoms with E-state index in [2.05, 4.69) is 20.0 Å². The van der Waals surface area contributed by atoms with Crippen LogP contribution in [0.5, 0.6) is 0 Å². The molecule has 0 saturated heterocycles. The van der Waals surface area contributed by atoms with Crippen molar-refractivity contribution in [3.63, 3.8) is 0 Å². The van der Waals surface area contributed by atoms with Crippen molar-refractivity contribution in [1.29, 1.82) is 0 Å². The number of nitrogens with zero attached hydrogens (tertiary/aromatic N) is 2. The van der Waals surface area contributed by atoms with Gasteiger partial charge < -0.3 is 5.32 Å². The van der Waals surface area contributed by atoms with Crippen molar-refractivity contribution in [2.75, 3.05) is 10.0 Å². The molecule has 0 unspecified atom stereocenters. The van der Waals surface area contributed by atoms with Crippen molar-refractivity contribution in [3.8, 4) is 0 Å². The quantitative estimate of drug-likeness (QED) is 0.451. The average molecular weight is 418 g/mol.